The van der Waals surface area contributed by atoms with Gasteiger partial charge in [0.15, 0.2) is 5.13 Å². The first-order valence-corrected chi connectivity index (χ1v) is 11.5. The van der Waals surface area contributed by atoms with Crippen molar-refractivity contribution in [2.24, 2.45) is 0 Å². The van der Waals surface area contributed by atoms with E-state index in [0.29, 0.717) is 14.4 Å². The Morgan fingerprint density at radius 2 is 2.03 bits per heavy atom. The molecule has 2 heterocycles. The van der Waals surface area contributed by atoms with E-state index in [1.54, 1.807) is 7.11 Å². The van der Waals surface area contributed by atoms with Gasteiger partial charge in [0.05, 0.1) is 22.2 Å². The smallest absolute Gasteiger partial charge is 0.266 e. The molecule has 3 aromatic rings. The number of hydrogen-bond donors (Lipinski definition) is 1. The highest BCUT2D eigenvalue weighted by Crippen LogP contribution is 2.33. The van der Waals surface area contributed by atoms with Crippen molar-refractivity contribution < 1.29 is 14.3 Å². The van der Waals surface area contributed by atoms with Crippen LogP contribution in [0.5, 0.6) is 5.75 Å². The minimum absolute atomic E-state index is 0.128. The molecule has 0 aliphatic carbocycles. The van der Waals surface area contributed by atoms with Crippen LogP contribution < -0.4 is 10.1 Å². The van der Waals surface area contributed by atoms with Gasteiger partial charge in [0.2, 0.25) is 5.91 Å². The van der Waals surface area contributed by atoms with E-state index in [1.165, 1.54) is 28.0 Å². The number of benzene rings is 2. The second kappa shape index (κ2) is 9.17. The van der Waals surface area contributed by atoms with Gasteiger partial charge in [-0.3, -0.25) is 14.5 Å². The average molecular weight is 470 g/mol. The van der Waals surface area contributed by atoms with Crippen LogP contribution in [0, 0.1) is 6.92 Å². The van der Waals surface area contributed by atoms with Crippen molar-refractivity contribution in [1.29, 1.82) is 0 Å². The molecule has 31 heavy (non-hydrogen) atoms. The SMILES string of the molecule is COc1ccc2nc(NC(=O)CCN3C(=O)/C(=C/c4ccc(C)cc4)SC3=S)sc2c1. The first kappa shape index (κ1) is 21.5. The fraction of sp³-hybridized carbons (Fsp3) is 0.182. The van der Waals surface area contributed by atoms with Crippen molar-refractivity contribution in [1.82, 2.24) is 9.88 Å². The monoisotopic (exact) mass is 469 g/mol. The molecule has 1 N–H and O–H groups in total. The summed E-state index contributed by atoms with van der Waals surface area (Å²) in [7, 11) is 1.61. The molecule has 0 spiro atoms. The van der Waals surface area contributed by atoms with Gasteiger partial charge in [0, 0.05) is 13.0 Å². The average Bonchev–Trinajstić information content (AvgIpc) is 3.27. The summed E-state index contributed by atoms with van der Waals surface area (Å²) in [5.74, 6) is 0.347. The van der Waals surface area contributed by atoms with Crippen LogP contribution in [-0.2, 0) is 9.59 Å². The van der Waals surface area contributed by atoms with Crippen molar-refractivity contribution in [3.8, 4) is 5.75 Å². The number of aryl methyl sites for hydroxylation is 1. The highest BCUT2D eigenvalue weighted by Gasteiger charge is 2.32. The number of thiazole rings is 1. The van der Waals surface area contributed by atoms with Gasteiger partial charge in [-0.05, 0) is 36.8 Å². The fourth-order valence-electron chi connectivity index (χ4n) is 2.99. The zero-order valence-electron chi connectivity index (χ0n) is 16.9. The molecule has 6 nitrogen and oxygen atoms in total. The number of rotatable bonds is 6. The van der Waals surface area contributed by atoms with Crippen LogP contribution in [0.4, 0.5) is 5.13 Å². The standard InChI is InChI=1S/C22H19N3O3S3/c1-13-3-5-14(6-4-13)11-18-20(27)25(22(29)31-18)10-9-19(26)24-21-23-16-8-7-15(28-2)12-17(16)30-21/h3-8,11-12H,9-10H2,1-2H3,(H,23,24,26)/b18-11-. The maximum atomic E-state index is 12.7. The van der Waals surface area contributed by atoms with Crippen LogP contribution in [0.2, 0.25) is 0 Å². The van der Waals surface area contributed by atoms with E-state index in [2.05, 4.69) is 10.3 Å². The number of hydrogen-bond acceptors (Lipinski definition) is 7. The summed E-state index contributed by atoms with van der Waals surface area (Å²) in [6.45, 7) is 2.24. The quantitative estimate of drug-likeness (QED) is 0.411. The van der Waals surface area contributed by atoms with Crippen LogP contribution in [0.25, 0.3) is 16.3 Å². The molecule has 2 amide bonds. The van der Waals surface area contributed by atoms with Gasteiger partial charge < -0.3 is 10.1 Å². The Morgan fingerprint density at radius 1 is 1.26 bits per heavy atom. The largest absolute Gasteiger partial charge is 0.497 e. The summed E-state index contributed by atoms with van der Waals surface area (Å²) in [5, 5.41) is 3.32. The van der Waals surface area contributed by atoms with Gasteiger partial charge in [-0.15, -0.1) is 0 Å². The molecule has 1 aliphatic heterocycles. The lowest BCUT2D eigenvalue weighted by molar-refractivity contribution is -0.122. The normalized spacial score (nSPS) is 15.2. The first-order valence-electron chi connectivity index (χ1n) is 9.49. The van der Waals surface area contributed by atoms with Crippen molar-refractivity contribution in [3.05, 3.63) is 58.5 Å². The Balaban J connectivity index is 1.37. The van der Waals surface area contributed by atoms with Gasteiger partial charge >= 0.3 is 0 Å². The van der Waals surface area contributed by atoms with Crippen molar-refractivity contribution in [2.75, 3.05) is 19.0 Å². The van der Waals surface area contributed by atoms with Crippen LogP contribution in [0.15, 0.2) is 47.4 Å². The molecule has 158 valence electrons. The number of carbonyl (C=O) groups is 2. The molecular formula is C22H19N3O3S3. The third-order valence-electron chi connectivity index (χ3n) is 4.65. The van der Waals surface area contributed by atoms with Crippen LogP contribution in [0.3, 0.4) is 0 Å². The van der Waals surface area contributed by atoms with E-state index in [4.69, 9.17) is 17.0 Å². The lowest BCUT2D eigenvalue weighted by atomic mass is 10.1. The molecule has 0 unspecified atom stereocenters. The third-order valence-corrected chi connectivity index (χ3v) is 6.96. The number of thioether (sulfide) groups is 1. The molecule has 9 heteroatoms. The number of nitrogens with one attached hydrogen (secondary N) is 1. The number of fused-ring (bicyclic) bond motifs is 1. The van der Waals surface area contributed by atoms with Crippen LogP contribution >= 0.6 is 35.3 Å². The van der Waals surface area contributed by atoms with E-state index in [9.17, 15) is 9.59 Å². The zero-order valence-corrected chi connectivity index (χ0v) is 19.3. The molecule has 1 aromatic heterocycles. The Hall–Kier alpha value is -2.75. The predicted octanol–water partition coefficient (Wildman–Crippen LogP) is 4.84. The number of thiocarbonyl (C=S) groups is 1. The van der Waals surface area contributed by atoms with E-state index in [-0.39, 0.29) is 24.8 Å². The van der Waals surface area contributed by atoms with Crippen LogP contribution in [-0.4, -0.2) is 39.7 Å². The molecule has 0 bridgehead atoms. The van der Waals surface area contributed by atoms with Gasteiger partial charge in [-0.1, -0.05) is 65.1 Å². The molecule has 1 fully saturated rings. The maximum absolute atomic E-state index is 12.7. The first-order chi connectivity index (χ1) is 14.9. The zero-order chi connectivity index (χ0) is 22.0. The minimum atomic E-state index is -0.220. The number of amides is 2. The number of aromatic nitrogens is 1. The van der Waals surface area contributed by atoms with Crippen LogP contribution in [0.1, 0.15) is 17.5 Å². The van der Waals surface area contributed by atoms with Gasteiger partial charge in [-0.2, -0.15) is 0 Å². The summed E-state index contributed by atoms with van der Waals surface area (Å²) < 4.78 is 6.60. The fourth-order valence-corrected chi connectivity index (χ4v) is 5.21. The topological polar surface area (TPSA) is 71.5 Å². The second-order valence-corrected chi connectivity index (χ2v) is 9.60. The second-order valence-electron chi connectivity index (χ2n) is 6.89. The Kier molecular flexibility index (Phi) is 6.35. The number of nitrogens with zero attached hydrogens (tertiary/aromatic N) is 2. The lowest BCUT2D eigenvalue weighted by Crippen LogP contribution is -2.31. The maximum Gasteiger partial charge on any atom is 0.266 e. The highest BCUT2D eigenvalue weighted by atomic mass is 32.2. The number of carbonyl (C=O) groups excluding carboxylic acids is 2. The summed E-state index contributed by atoms with van der Waals surface area (Å²) >= 11 is 7.99. The third kappa shape index (κ3) is 4.95. The van der Waals surface area contributed by atoms with Gasteiger partial charge in [-0.25, -0.2) is 4.98 Å². The molecule has 0 saturated carbocycles. The van der Waals surface area contributed by atoms with Gasteiger partial charge in [0.1, 0.15) is 10.1 Å². The Labute approximate surface area is 193 Å². The summed E-state index contributed by atoms with van der Waals surface area (Å²) in [5.41, 5.74) is 2.89. The number of ether oxygens (including phenoxy) is 1. The molecule has 1 saturated heterocycles. The molecule has 2 aromatic carbocycles. The number of anilines is 1. The van der Waals surface area contributed by atoms with Crippen molar-refractivity contribution >= 4 is 72.9 Å². The summed E-state index contributed by atoms with van der Waals surface area (Å²) in [6.07, 6.45) is 1.96. The summed E-state index contributed by atoms with van der Waals surface area (Å²) in [4.78, 5) is 31.6. The number of methoxy groups -OCH3 is 1. The minimum Gasteiger partial charge on any atom is -0.497 e. The Bertz CT molecular complexity index is 1200. The van der Waals surface area contributed by atoms with E-state index >= 15 is 0 Å². The van der Waals surface area contributed by atoms with E-state index in [1.807, 2.05) is 55.5 Å². The predicted molar refractivity (Wildman–Crippen MR) is 130 cm³/mol. The molecular weight excluding hydrogens is 450 g/mol. The summed E-state index contributed by atoms with van der Waals surface area (Å²) in [6, 6.07) is 13.5. The van der Waals surface area contributed by atoms with E-state index in [0.717, 1.165) is 27.1 Å². The van der Waals surface area contributed by atoms with Crippen molar-refractivity contribution in [2.45, 2.75) is 13.3 Å². The highest BCUT2D eigenvalue weighted by molar-refractivity contribution is 8.26. The van der Waals surface area contributed by atoms with E-state index < -0.39 is 0 Å². The molecule has 1 aliphatic rings. The molecule has 0 radical (unpaired) electrons. The lowest BCUT2D eigenvalue weighted by Gasteiger charge is -2.13. The van der Waals surface area contributed by atoms with Crippen molar-refractivity contribution in [3.63, 3.8) is 0 Å². The Morgan fingerprint density at radius 3 is 2.77 bits per heavy atom. The molecule has 4 rings (SSSR count). The van der Waals surface area contributed by atoms with Gasteiger partial charge in [0.25, 0.3) is 5.91 Å². The molecule has 0 atom stereocenters.